The number of aryl methyl sites for hydroxylation is 1. The van der Waals surface area contributed by atoms with Crippen LogP contribution in [0.4, 0.5) is 0 Å². The first kappa shape index (κ1) is 9.85. The third kappa shape index (κ3) is 1.88. The molecule has 0 atom stereocenters. The van der Waals surface area contributed by atoms with Crippen LogP contribution in [0.1, 0.15) is 5.56 Å². The summed E-state index contributed by atoms with van der Waals surface area (Å²) in [6.07, 6.45) is 0. The molecule has 5 heteroatoms. The smallest absolute Gasteiger partial charge is 0.178 e. The maximum absolute atomic E-state index is 9.26. The van der Waals surface area contributed by atoms with Crippen LogP contribution in [0.25, 0.3) is 10.6 Å². The van der Waals surface area contributed by atoms with Gasteiger partial charge in [0.05, 0.1) is 0 Å². The van der Waals surface area contributed by atoms with Crippen molar-refractivity contribution in [2.75, 3.05) is 0 Å². The molecule has 3 nitrogen and oxygen atoms in total. The second-order valence-electron chi connectivity index (χ2n) is 2.86. The van der Waals surface area contributed by atoms with E-state index in [0.29, 0.717) is 0 Å². The minimum absolute atomic E-state index is 0.283. The highest BCUT2D eigenvalue weighted by atomic mass is 127. The molecule has 0 unspecified atom stereocenters. The third-order valence-corrected chi connectivity index (χ3v) is 3.46. The normalized spacial score (nSPS) is 10.4. The third-order valence-electron chi connectivity index (χ3n) is 1.84. The van der Waals surface area contributed by atoms with E-state index in [9.17, 15) is 5.11 Å². The minimum atomic E-state index is 0.283. The highest BCUT2D eigenvalue weighted by molar-refractivity contribution is 14.1. The van der Waals surface area contributed by atoms with Gasteiger partial charge in [-0.05, 0) is 53.3 Å². The number of phenolic OH excluding ortho intramolecular Hbond substituents is 1. The van der Waals surface area contributed by atoms with Crippen LogP contribution < -0.4 is 0 Å². The minimum Gasteiger partial charge on any atom is -0.508 e. The number of hydrogen-bond acceptors (Lipinski definition) is 4. The van der Waals surface area contributed by atoms with Gasteiger partial charge in [0.2, 0.25) is 0 Å². The molecule has 0 aliphatic rings. The van der Waals surface area contributed by atoms with Crippen LogP contribution in [-0.2, 0) is 0 Å². The van der Waals surface area contributed by atoms with Crippen LogP contribution in [0.15, 0.2) is 18.2 Å². The molecule has 2 rings (SSSR count). The largest absolute Gasteiger partial charge is 0.508 e. The predicted molar refractivity (Wildman–Crippen MR) is 64.5 cm³/mol. The van der Waals surface area contributed by atoms with E-state index in [1.54, 1.807) is 23.5 Å². The maximum Gasteiger partial charge on any atom is 0.178 e. The Morgan fingerprint density at radius 3 is 2.71 bits per heavy atom. The van der Waals surface area contributed by atoms with Gasteiger partial charge >= 0.3 is 0 Å². The molecule has 1 aromatic carbocycles. The van der Waals surface area contributed by atoms with E-state index in [1.165, 1.54) is 0 Å². The standard InChI is InChI=1S/C9H7IN2OS/c1-5-4-6(13)2-3-7(5)8-11-12-9(10)14-8/h2-4,13H,1H3. The van der Waals surface area contributed by atoms with E-state index in [1.807, 2.05) is 13.0 Å². The number of rotatable bonds is 1. The van der Waals surface area contributed by atoms with Gasteiger partial charge < -0.3 is 5.11 Å². The summed E-state index contributed by atoms with van der Waals surface area (Å²) in [5.74, 6) is 0.283. The SMILES string of the molecule is Cc1cc(O)ccc1-c1nnc(I)s1. The topological polar surface area (TPSA) is 46.0 Å². The van der Waals surface area contributed by atoms with Gasteiger partial charge in [-0.25, -0.2) is 0 Å². The lowest BCUT2D eigenvalue weighted by Gasteiger charge is -2.01. The van der Waals surface area contributed by atoms with Crippen LogP contribution in [-0.4, -0.2) is 15.3 Å². The first-order chi connectivity index (χ1) is 6.66. The zero-order chi connectivity index (χ0) is 10.1. The van der Waals surface area contributed by atoms with E-state index in [2.05, 4.69) is 32.8 Å². The molecular formula is C9H7IN2OS. The second-order valence-corrected chi connectivity index (χ2v) is 5.59. The summed E-state index contributed by atoms with van der Waals surface area (Å²) in [4.78, 5) is 0. The summed E-state index contributed by atoms with van der Waals surface area (Å²) >= 11 is 3.68. The van der Waals surface area contributed by atoms with Crippen molar-refractivity contribution >= 4 is 33.9 Å². The zero-order valence-electron chi connectivity index (χ0n) is 7.36. The number of halogens is 1. The molecule has 72 valence electrons. The van der Waals surface area contributed by atoms with E-state index in [0.717, 1.165) is 19.1 Å². The molecule has 1 heterocycles. The van der Waals surface area contributed by atoms with Gasteiger partial charge in [0, 0.05) is 5.56 Å². The van der Waals surface area contributed by atoms with Gasteiger partial charge in [-0.15, -0.1) is 10.2 Å². The highest BCUT2D eigenvalue weighted by Crippen LogP contribution is 2.29. The summed E-state index contributed by atoms with van der Waals surface area (Å²) in [6.45, 7) is 1.95. The van der Waals surface area contributed by atoms with Crippen LogP contribution in [0.2, 0.25) is 0 Å². The molecular weight excluding hydrogens is 311 g/mol. The Morgan fingerprint density at radius 1 is 1.36 bits per heavy atom. The molecule has 0 radical (unpaired) electrons. The van der Waals surface area contributed by atoms with Gasteiger partial charge in [0.15, 0.2) is 3.01 Å². The average molecular weight is 318 g/mol. The van der Waals surface area contributed by atoms with Crippen molar-refractivity contribution in [2.24, 2.45) is 0 Å². The maximum atomic E-state index is 9.26. The van der Waals surface area contributed by atoms with Crippen molar-refractivity contribution in [2.45, 2.75) is 6.92 Å². The van der Waals surface area contributed by atoms with E-state index in [4.69, 9.17) is 0 Å². The molecule has 2 aromatic rings. The van der Waals surface area contributed by atoms with Gasteiger partial charge in [-0.2, -0.15) is 0 Å². The second kappa shape index (κ2) is 3.82. The molecule has 0 fully saturated rings. The lowest BCUT2D eigenvalue weighted by Crippen LogP contribution is -1.81. The molecule has 1 N–H and O–H groups in total. The van der Waals surface area contributed by atoms with Crippen molar-refractivity contribution in [3.63, 3.8) is 0 Å². The Labute approximate surface area is 99.0 Å². The van der Waals surface area contributed by atoms with E-state index < -0.39 is 0 Å². The number of aromatic hydroxyl groups is 1. The summed E-state index contributed by atoms with van der Waals surface area (Å²) in [5, 5.41) is 18.2. The Morgan fingerprint density at radius 2 is 2.14 bits per heavy atom. The van der Waals surface area contributed by atoms with Gasteiger partial charge in [-0.1, -0.05) is 11.3 Å². The molecule has 0 aliphatic heterocycles. The lowest BCUT2D eigenvalue weighted by molar-refractivity contribution is 0.475. The Bertz CT molecular complexity index is 470. The quantitative estimate of drug-likeness (QED) is 0.823. The highest BCUT2D eigenvalue weighted by Gasteiger charge is 2.07. The van der Waals surface area contributed by atoms with Crippen LogP contribution in [0, 0.1) is 9.94 Å². The molecule has 0 amide bonds. The first-order valence-electron chi connectivity index (χ1n) is 3.96. The summed E-state index contributed by atoms with van der Waals surface area (Å²) in [7, 11) is 0. The van der Waals surface area contributed by atoms with Crippen molar-refractivity contribution in [3.05, 3.63) is 26.8 Å². The molecule has 0 saturated heterocycles. The molecule has 0 bridgehead atoms. The fourth-order valence-corrected chi connectivity index (χ4v) is 2.60. The van der Waals surface area contributed by atoms with Crippen molar-refractivity contribution in [1.29, 1.82) is 0 Å². The Balaban J connectivity index is 2.52. The van der Waals surface area contributed by atoms with E-state index >= 15 is 0 Å². The van der Waals surface area contributed by atoms with Crippen LogP contribution >= 0.6 is 33.9 Å². The zero-order valence-corrected chi connectivity index (χ0v) is 10.3. The molecule has 1 aromatic heterocycles. The lowest BCUT2D eigenvalue weighted by atomic mass is 10.1. The summed E-state index contributed by atoms with van der Waals surface area (Å²) < 4.78 is 0.921. The van der Waals surface area contributed by atoms with Crippen molar-refractivity contribution < 1.29 is 5.11 Å². The van der Waals surface area contributed by atoms with Gasteiger partial charge in [-0.3, -0.25) is 0 Å². The average Bonchev–Trinajstić information content (AvgIpc) is 2.51. The number of nitrogens with zero attached hydrogens (tertiary/aromatic N) is 2. The molecule has 14 heavy (non-hydrogen) atoms. The van der Waals surface area contributed by atoms with Crippen LogP contribution in [0.3, 0.4) is 0 Å². The van der Waals surface area contributed by atoms with E-state index in [-0.39, 0.29) is 5.75 Å². The number of phenols is 1. The summed E-state index contributed by atoms with van der Waals surface area (Å²) in [5.41, 5.74) is 2.04. The fraction of sp³-hybridized carbons (Fsp3) is 0.111. The fourth-order valence-electron chi connectivity index (χ4n) is 1.20. The first-order valence-corrected chi connectivity index (χ1v) is 5.85. The Kier molecular flexibility index (Phi) is 2.69. The Hall–Kier alpha value is -0.690. The number of aromatic nitrogens is 2. The van der Waals surface area contributed by atoms with Crippen molar-refractivity contribution in [1.82, 2.24) is 10.2 Å². The molecule has 0 spiro atoms. The monoisotopic (exact) mass is 318 g/mol. The van der Waals surface area contributed by atoms with Crippen LogP contribution in [0.5, 0.6) is 5.75 Å². The summed E-state index contributed by atoms with van der Waals surface area (Å²) in [6, 6.07) is 5.25. The number of hydrogen-bond donors (Lipinski definition) is 1. The number of benzene rings is 1. The molecule has 0 saturated carbocycles. The van der Waals surface area contributed by atoms with Gasteiger partial charge in [0.25, 0.3) is 0 Å². The van der Waals surface area contributed by atoms with Gasteiger partial charge in [0.1, 0.15) is 10.8 Å². The molecule has 0 aliphatic carbocycles. The van der Waals surface area contributed by atoms with Crippen molar-refractivity contribution in [3.8, 4) is 16.3 Å². The predicted octanol–water partition coefficient (Wildman–Crippen LogP) is 2.82.